The van der Waals surface area contributed by atoms with Crippen molar-refractivity contribution < 1.29 is 0 Å². The van der Waals surface area contributed by atoms with E-state index in [-0.39, 0.29) is 0 Å². The smallest absolute Gasteiger partial charge is 0.0904 e. The van der Waals surface area contributed by atoms with Crippen molar-refractivity contribution in [1.29, 1.82) is 0 Å². The number of hydrogen-bond donors (Lipinski definition) is 0. The quantitative estimate of drug-likeness (QED) is 0.539. The van der Waals surface area contributed by atoms with Crippen molar-refractivity contribution in [1.82, 2.24) is 4.90 Å². The predicted octanol–water partition coefficient (Wildman–Crippen LogP) is 2.28. The number of hydrogen-bond acceptors (Lipinski definition) is 2. The number of nitrogens with zero attached hydrogens (tertiary/aromatic N) is 2. The van der Waals surface area contributed by atoms with E-state index in [1.165, 1.54) is 6.42 Å². The van der Waals surface area contributed by atoms with Gasteiger partial charge in [0.2, 0.25) is 0 Å². The molecule has 0 aromatic carbocycles. The second-order valence-corrected chi connectivity index (χ2v) is 3.61. The Hall–Kier alpha value is -0.790. The highest BCUT2D eigenvalue weighted by atomic mass is 15.1. The first-order valence-corrected chi connectivity index (χ1v) is 4.62. The van der Waals surface area contributed by atoms with Gasteiger partial charge in [0.05, 0.1) is 6.34 Å². The molecule has 68 valence electrons. The SMILES string of the molecule is CC1[C@@H](C)CC/C=C/N=C\N1C. The molecule has 0 bridgehead atoms. The third kappa shape index (κ3) is 2.36. The van der Waals surface area contributed by atoms with Gasteiger partial charge in [-0.25, -0.2) is 4.99 Å². The van der Waals surface area contributed by atoms with Crippen LogP contribution in [0.5, 0.6) is 0 Å². The van der Waals surface area contributed by atoms with E-state index in [1.54, 1.807) is 0 Å². The standard InChI is InChI=1S/C10H18N2/c1-9-6-4-5-7-11-8-12(3)10(9)2/h5,7-10H,4,6H2,1-3H3/b7-5+,11-8-/t9-,10?/m0/s1. The molecular formula is C10H18N2. The first-order chi connectivity index (χ1) is 5.72. The van der Waals surface area contributed by atoms with Crippen molar-refractivity contribution in [2.75, 3.05) is 7.05 Å². The number of rotatable bonds is 0. The van der Waals surface area contributed by atoms with Crippen LogP contribution in [0.25, 0.3) is 0 Å². The molecule has 0 aliphatic carbocycles. The average Bonchev–Trinajstić information content (AvgIpc) is 2.12. The molecule has 0 spiro atoms. The summed E-state index contributed by atoms with van der Waals surface area (Å²) < 4.78 is 0. The van der Waals surface area contributed by atoms with E-state index in [1.807, 2.05) is 12.5 Å². The van der Waals surface area contributed by atoms with E-state index in [9.17, 15) is 0 Å². The number of aliphatic imine (C=N–C) groups is 1. The van der Waals surface area contributed by atoms with Gasteiger partial charge in [-0.2, -0.15) is 0 Å². The summed E-state index contributed by atoms with van der Waals surface area (Å²) in [6.45, 7) is 4.55. The van der Waals surface area contributed by atoms with Crippen LogP contribution in [0.4, 0.5) is 0 Å². The molecule has 1 heterocycles. The monoisotopic (exact) mass is 166 g/mol. The van der Waals surface area contributed by atoms with E-state index in [0.717, 1.165) is 12.3 Å². The lowest BCUT2D eigenvalue weighted by Gasteiger charge is -2.27. The van der Waals surface area contributed by atoms with Gasteiger partial charge in [0, 0.05) is 19.3 Å². The molecule has 0 aromatic heterocycles. The Balaban J connectivity index is 2.64. The first kappa shape index (κ1) is 9.30. The van der Waals surface area contributed by atoms with E-state index in [2.05, 4.69) is 36.9 Å². The lowest BCUT2D eigenvalue weighted by atomic mass is 9.97. The fourth-order valence-electron chi connectivity index (χ4n) is 1.39. The first-order valence-electron chi connectivity index (χ1n) is 4.62. The highest BCUT2D eigenvalue weighted by molar-refractivity contribution is 5.55. The normalized spacial score (nSPS) is 36.4. The highest BCUT2D eigenvalue weighted by Crippen LogP contribution is 2.15. The topological polar surface area (TPSA) is 15.6 Å². The van der Waals surface area contributed by atoms with E-state index < -0.39 is 0 Å². The van der Waals surface area contributed by atoms with E-state index in [0.29, 0.717) is 6.04 Å². The van der Waals surface area contributed by atoms with Gasteiger partial charge in [0.25, 0.3) is 0 Å². The lowest BCUT2D eigenvalue weighted by molar-refractivity contribution is 0.289. The van der Waals surface area contributed by atoms with Crippen LogP contribution in [0.1, 0.15) is 26.7 Å². The van der Waals surface area contributed by atoms with Crippen LogP contribution in [-0.2, 0) is 0 Å². The van der Waals surface area contributed by atoms with Gasteiger partial charge in [-0.15, -0.1) is 0 Å². The minimum absolute atomic E-state index is 0.591. The number of allylic oxidation sites excluding steroid dienone is 1. The molecule has 1 aliphatic heterocycles. The molecule has 0 N–H and O–H groups in total. The Morgan fingerprint density at radius 1 is 1.42 bits per heavy atom. The van der Waals surface area contributed by atoms with Crippen LogP contribution >= 0.6 is 0 Å². The average molecular weight is 166 g/mol. The van der Waals surface area contributed by atoms with Crippen LogP contribution in [0.2, 0.25) is 0 Å². The predicted molar refractivity (Wildman–Crippen MR) is 53.3 cm³/mol. The molecule has 0 saturated carbocycles. The van der Waals surface area contributed by atoms with Crippen molar-refractivity contribution in [3.63, 3.8) is 0 Å². The summed E-state index contributed by atoms with van der Waals surface area (Å²) >= 11 is 0. The van der Waals surface area contributed by atoms with Crippen molar-refractivity contribution in [2.24, 2.45) is 10.9 Å². The summed E-state index contributed by atoms with van der Waals surface area (Å²) in [5.41, 5.74) is 0. The summed E-state index contributed by atoms with van der Waals surface area (Å²) in [5, 5.41) is 0. The highest BCUT2D eigenvalue weighted by Gasteiger charge is 2.14. The molecular weight excluding hydrogens is 148 g/mol. The van der Waals surface area contributed by atoms with Gasteiger partial charge in [-0.05, 0) is 25.7 Å². The Kier molecular flexibility index (Phi) is 3.32. The minimum Gasteiger partial charge on any atom is -0.363 e. The Labute approximate surface area is 75.0 Å². The third-order valence-electron chi connectivity index (χ3n) is 2.69. The molecule has 12 heavy (non-hydrogen) atoms. The van der Waals surface area contributed by atoms with Crippen molar-refractivity contribution in [3.05, 3.63) is 12.3 Å². The van der Waals surface area contributed by atoms with Gasteiger partial charge < -0.3 is 4.90 Å². The third-order valence-corrected chi connectivity index (χ3v) is 2.69. The van der Waals surface area contributed by atoms with Crippen LogP contribution in [0.15, 0.2) is 17.3 Å². The Morgan fingerprint density at radius 2 is 2.17 bits per heavy atom. The molecule has 1 unspecified atom stereocenters. The molecule has 0 amide bonds. The summed E-state index contributed by atoms with van der Waals surface area (Å²) in [4.78, 5) is 6.36. The summed E-state index contributed by atoms with van der Waals surface area (Å²) in [6, 6.07) is 0.591. The maximum atomic E-state index is 4.18. The Bertz CT molecular complexity index is 184. The van der Waals surface area contributed by atoms with Gasteiger partial charge >= 0.3 is 0 Å². The van der Waals surface area contributed by atoms with Crippen molar-refractivity contribution in [2.45, 2.75) is 32.7 Å². The summed E-state index contributed by atoms with van der Waals surface area (Å²) in [7, 11) is 2.09. The minimum atomic E-state index is 0.591. The Morgan fingerprint density at radius 3 is 2.92 bits per heavy atom. The fraction of sp³-hybridized carbons (Fsp3) is 0.700. The van der Waals surface area contributed by atoms with Gasteiger partial charge in [-0.1, -0.05) is 13.0 Å². The van der Waals surface area contributed by atoms with Crippen LogP contribution in [-0.4, -0.2) is 24.3 Å². The van der Waals surface area contributed by atoms with E-state index in [4.69, 9.17) is 0 Å². The zero-order valence-corrected chi connectivity index (χ0v) is 8.20. The molecule has 0 fully saturated rings. The molecule has 2 nitrogen and oxygen atoms in total. The largest absolute Gasteiger partial charge is 0.363 e. The van der Waals surface area contributed by atoms with Crippen LogP contribution < -0.4 is 0 Å². The van der Waals surface area contributed by atoms with Gasteiger partial charge in [-0.3, -0.25) is 0 Å². The zero-order chi connectivity index (χ0) is 8.97. The lowest BCUT2D eigenvalue weighted by Crippen LogP contribution is -2.32. The fourth-order valence-corrected chi connectivity index (χ4v) is 1.39. The van der Waals surface area contributed by atoms with Crippen LogP contribution in [0, 0.1) is 5.92 Å². The summed E-state index contributed by atoms with van der Waals surface area (Å²) in [5.74, 6) is 0.740. The molecule has 2 heteroatoms. The van der Waals surface area contributed by atoms with Gasteiger partial charge in [0.15, 0.2) is 0 Å². The van der Waals surface area contributed by atoms with E-state index >= 15 is 0 Å². The molecule has 0 aromatic rings. The second-order valence-electron chi connectivity index (χ2n) is 3.61. The molecule has 2 atom stereocenters. The van der Waals surface area contributed by atoms with Gasteiger partial charge in [0.1, 0.15) is 0 Å². The maximum Gasteiger partial charge on any atom is 0.0904 e. The maximum absolute atomic E-state index is 4.18. The molecule has 1 aliphatic rings. The second kappa shape index (κ2) is 4.29. The zero-order valence-electron chi connectivity index (χ0n) is 8.20. The van der Waals surface area contributed by atoms with Crippen LogP contribution in [0.3, 0.4) is 0 Å². The molecule has 1 rings (SSSR count). The van der Waals surface area contributed by atoms with Crippen molar-refractivity contribution >= 4 is 6.34 Å². The molecule has 0 saturated heterocycles. The molecule has 0 radical (unpaired) electrons. The summed E-state index contributed by atoms with van der Waals surface area (Å²) in [6.07, 6.45) is 8.34. The van der Waals surface area contributed by atoms with Crippen molar-refractivity contribution in [3.8, 4) is 0 Å².